The quantitative estimate of drug-likeness (QED) is 0.652. The van der Waals surface area contributed by atoms with Gasteiger partial charge in [-0.15, -0.1) is 0 Å². The van der Waals surface area contributed by atoms with Crippen molar-refractivity contribution in [1.82, 2.24) is 14.7 Å². The van der Waals surface area contributed by atoms with E-state index in [1.54, 1.807) is 11.9 Å². The van der Waals surface area contributed by atoms with Crippen LogP contribution >= 0.6 is 0 Å². The maximum absolute atomic E-state index is 11.9. The van der Waals surface area contributed by atoms with Gasteiger partial charge in [0.05, 0.1) is 0 Å². The van der Waals surface area contributed by atoms with Crippen LogP contribution in [0.1, 0.15) is 23.3 Å². The van der Waals surface area contributed by atoms with Crippen molar-refractivity contribution < 1.29 is 4.79 Å². The predicted molar refractivity (Wildman–Crippen MR) is 54.6 cm³/mol. The number of hydrogen-bond acceptors (Lipinski definition) is 3. The Kier molecular flexibility index (Phi) is 2.53. The topological polar surface area (TPSA) is 55.2 Å². The monoisotopic (exact) mass is 207 g/mol. The summed E-state index contributed by atoms with van der Waals surface area (Å²) in [7, 11) is 1.54. The zero-order valence-electron chi connectivity index (χ0n) is 8.64. The van der Waals surface area contributed by atoms with Crippen LogP contribution in [0.15, 0.2) is 16.9 Å². The normalized spacial score (nSPS) is 15.7. The van der Waals surface area contributed by atoms with E-state index in [2.05, 4.69) is 5.10 Å². The molecule has 2 heterocycles. The number of likely N-dealkylation sites (tertiary alicyclic amines) is 1. The van der Waals surface area contributed by atoms with Crippen LogP contribution in [-0.4, -0.2) is 33.7 Å². The number of aromatic nitrogens is 2. The highest BCUT2D eigenvalue weighted by Gasteiger charge is 2.20. The first-order valence-electron chi connectivity index (χ1n) is 5.02. The molecular weight excluding hydrogens is 194 g/mol. The fourth-order valence-corrected chi connectivity index (χ4v) is 1.70. The van der Waals surface area contributed by atoms with E-state index in [9.17, 15) is 9.59 Å². The second-order valence-electron chi connectivity index (χ2n) is 3.68. The number of carbonyl (C=O) groups excluding carboxylic acids is 1. The summed E-state index contributed by atoms with van der Waals surface area (Å²) in [5.74, 6) is -0.0805. The molecule has 0 aliphatic carbocycles. The molecule has 1 aliphatic heterocycles. The number of nitrogens with zero attached hydrogens (tertiary/aromatic N) is 3. The minimum Gasteiger partial charge on any atom is -0.337 e. The lowest BCUT2D eigenvalue weighted by atomic mass is 10.3. The highest BCUT2D eigenvalue weighted by molar-refractivity contribution is 5.92. The lowest BCUT2D eigenvalue weighted by Crippen LogP contribution is -2.31. The van der Waals surface area contributed by atoms with Gasteiger partial charge in [-0.25, -0.2) is 4.68 Å². The van der Waals surface area contributed by atoms with Crippen LogP contribution < -0.4 is 5.56 Å². The Morgan fingerprint density at radius 3 is 2.60 bits per heavy atom. The second-order valence-corrected chi connectivity index (χ2v) is 3.68. The minimum atomic E-state index is -0.201. The van der Waals surface area contributed by atoms with Gasteiger partial charge in [0.1, 0.15) is 5.69 Å². The summed E-state index contributed by atoms with van der Waals surface area (Å²) in [4.78, 5) is 24.7. The van der Waals surface area contributed by atoms with Crippen LogP contribution in [0.3, 0.4) is 0 Å². The third kappa shape index (κ3) is 1.91. The molecule has 0 bridgehead atoms. The highest BCUT2D eigenvalue weighted by atomic mass is 16.2. The zero-order valence-corrected chi connectivity index (χ0v) is 8.64. The van der Waals surface area contributed by atoms with E-state index in [4.69, 9.17) is 0 Å². The summed E-state index contributed by atoms with van der Waals surface area (Å²) in [5.41, 5.74) is 0.145. The second kappa shape index (κ2) is 3.84. The standard InChI is InChI=1S/C10H13N3O2/c1-12-9(14)5-4-8(11-12)10(15)13-6-2-3-7-13/h4-5H,2-3,6-7H2,1H3. The van der Waals surface area contributed by atoms with E-state index in [1.807, 2.05) is 0 Å². The number of carbonyl (C=O) groups is 1. The maximum atomic E-state index is 11.9. The minimum absolute atomic E-state index is 0.0805. The smallest absolute Gasteiger partial charge is 0.274 e. The molecule has 1 fully saturated rings. The summed E-state index contributed by atoms with van der Waals surface area (Å²) in [6.45, 7) is 1.59. The Morgan fingerprint density at radius 1 is 1.33 bits per heavy atom. The van der Waals surface area contributed by atoms with Gasteiger partial charge in [-0.2, -0.15) is 5.10 Å². The molecule has 80 valence electrons. The molecule has 0 aromatic carbocycles. The Balaban J connectivity index is 2.25. The van der Waals surface area contributed by atoms with Gasteiger partial charge in [0.15, 0.2) is 0 Å². The summed E-state index contributed by atoms with van der Waals surface area (Å²) in [5, 5.41) is 3.93. The summed E-state index contributed by atoms with van der Waals surface area (Å²) >= 11 is 0. The van der Waals surface area contributed by atoms with E-state index in [0.717, 1.165) is 25.9 Å². The van der Waals surface area contributed by atoms with Gasteiger partial charge in [0.2, 0.25) is 0 Å². The Hall–Kier alpha value is -1.65. The Morgan fingerprint density at radius 2 is 2.00 bits per heavy atom. The van der Waals surface area contributed by atoms with Crippen molar-refractivity contribution in [1.29, 1.82) is 0 Å². The van der Waals surface area contributed by atoms with Crippen molar-refractivity contribution in [3.05, 3.63) is 28.2 Å². The first-order chi connectivity index (χ1) is 7.18. The summed E-state index contributed by atoms with van der Waals surface area (Å²) < 4.78 is 1.18. The predicted octanol–water partition coefficient (Wildman–Crippen LogP) is 0.0163. The van der Waals surface area contributed by atoms with Crippen molar-refractivity contribution in [2.75, 3.05) is 13.1 Å². The Bertz CT molecular complexity index is 433. The van der Waals surface area contributed by atoms with Gasteiger partial charge in [0, 0.05) is 26.2 Å². The largest absolute Gasteiger partial charge is 0.337 e. The molecule has 5 nitrogen and oxygen atoms in total. The molecule has 1 aliphatic rings. The highest BCUT2D eigenvalue weighted by Crippen LogP contribution is 2.10. The van der Waals surface area contributed by atoms with Crippen molar-refractivity contribution in [2.24, 2.45) is 7.05 Å². The zero-order chi connectivity index (χ0) is 10.8. The third-order valence-corrected chi connectivity index (χ3v) is 2.57. The fraction of sp³-hybridized carbons (Fsp3) is 0.500. The molecule has 0 radical (unpaired) electrons. The molecule has 0 saturated carbocycles. The van der Waals surface area contributed by atoms with Crippen molar-refractivity contribution in [2.45, 2.75) is 12.8 Å². The summed E-state index contributed by atoms with van der Waals surface area (Å²) in [6, 6.07) is 2.86. The van der Waals surface area contributed by atoms with E-state index in [-0.39, 0.29) is 11.5 Å². The molecule has 5 heteroatoms. The fourth-order valence-electron chi connectivity index (χ4n) is 1.70. The van der Waals surface area contributed by atoms with Crippen LogP contribution in [-0.2, 0) is 7.05 Å². The third-order valence-electron chi connectivity index (χ3n) is 2.57. The lowest BCUT2D eigenvalue weighted by molar-refractivity contribution is 0.0784. The average Bonchev–Trinajstić information content (AvgIpc) is 2.74. The van der Waals surface area contributed by atoms with Crippen LogP contribution in [0.25, 0.3) is 0 Å². The van der Waals surface area contributed by atoms with E-state index >= 15 is 0 Å². The van der Waals surface area contributed by atoms with E-state index in [0.29, 0.717) is 5.69 Å². The van der Waals surface area contributed by atoms with Crippen molar-refractivity contribution >= 4 is 5.91 Å². The molecule has 1 aromatic heterocycles. The van der Waals surface area contributed by atoms with Crippen molar-refractivity contribution in [3.63, 3.8) is 0 Å². The van der Waals surface area contributed by atoms with Gasteiger partial charge in [-0.1, -0.05) is 0 Å². The summed E-state index contributed by atoms with van der Waals surface area (Å²) in [6.07, 6.45) is 2.11. The lowest BCUT2D eigenvalue weighted by Gasteiger charge is -2.14. The van der Waals surface area contributed by atoms with Crippen LogP contribution in [0.2, 0.25) is 0 Å². The molecule has 2 rings (SSSR count). The van der Waals surface area contributed by atoms with Crippen LogP contribution in [0, 0.1) is 0 Å². The average molecular weight is 207 g/mol. The Labute approximate surface area is 87.3 Å². The van der Waals surface area contributed by atoms with E-state index in [1.165, 1.54) is 16.8 Å². The number of hydrogen-bond donors (Lipinski definition) is 0. The molecule has 0 atom stereocenters. The molecule has 1 amide bonds. The van der Waals surface area contributed by atoms with Crippen LogP contribution in [0.4, 0.5) is 0 Å². The van der Waals surface area contributed by atoms with Gasteiger partial charge in [-0.3, -0.25) is 9.59 Å². The van der Waals surface area contributed by atoms with Gasteiger partial charge in [-0.05, 0) is 18.9 Å². The molecule has 1 aromatic rings. The number of rotatable bonds is 1. The number of aryl methyl sites for hydroxylation is 1. The molecule has 15 heavy (non-hydrogen) atoms. The van der Waals surface area contributed by atoms with Gasteiger partial charge in [0.25, 0.3) is 11.5 Å². The molecule has 0 unspecified atom stereocenters. The number of amides is 1. The van der Waals surface area contributed by atoms with E-state index < -0.39 is 0 Å². The molecule has 1 saturated heterocycles. The maximum Gasteiger partial charge on any atom is 0.274 e. The molecule has 0 N–H and O–H groups in total. The first-order valence-corrected chi connectivity index (χ1v) is 5.02. The van der Waals surface area contributed by atoms with Crippen molar-refractivity contribution in [3.8, 4) is 0 Å². The first kappa shape index (κ1) is 9.89. The van der Waals surface area contributed by atoms with Gasteiger partial charge < -0.3 is 4.90 Å². The SMILES string of the molecule is Cn1nc(C(=O)N2CCCC2)ccc1=O. The van der Waals surface area contributed by atoms with Crippen LogP contribution in [0.5, 0.6) is 0 Å². The molecular formula is C10H13N3O2. The molecule has 0 spiro atoms. The van der Waals surface area contributed by atoms with Gasteiger partial charge >= 0.3 is 0 Å².